The van der Waals surface area contributed by atoms with Gasteiger partial charge in [-0.25, -0.2) is 9.97 Å². The third kappa shape index (κ3) is 4.80. The first-order valence-corrected chi connectivity index (χ1v) is 10.8. The third-order valence-electron chi connectivity index (χ3n) is 5.18. The normalized spacial score (nSPS) is 13.0. The molecular formula is C24H20ClN5O3. The first-order valence-electron chi connectivity index (χ1n) is 10.5. The topological polar surface area (TPSA) is 97.6 Å². The monoisotopic (exact) mass is 461 g/mol. The van der Waals surface area contributed by atoms with Crippen molar-refractivity contribution in [2.24, 2.45) is 5.92 Å². The predicted molar refractivity (Wildman–Crippen MR) is 125 cm³/mol. The molecule has 3 heterocycles. The number of nitrogens with one attached hydrogen (secondary N) is 2. The zero-order chi connectivity index (χ0) is 22.9. The average Bonchev–Trinajstić information content (AvgIpc) is 3.55. The lowest BCUT2D eigenvalue weighted by Gasteiger charge is -2.10. The number of carbonyl (C=O) groups excluding carboxylic acids is 2. The zero-order valence-corrected chi connectivity index (χ0v) is 18.5. The van der Waals surface area contributed by atoms with E-state index in [-0.39, 0.29) is 22.9 Å². The maximum Gasteiger partial charge on any atom is 0.258 e. The molecule has 0 saturated heterocycles. The van der Waals surface area contributed by atoms with Crippen LogP contribution in [0.2, 0.25) is 5.15 Å². The summed E-state index contributed by atoms with van der Waals surface area (Å²) in [7, 11) is 0. The number of imidazole rings is 1. The lowest BCUT2D eigenvalue weighted by atomic mass is 10.2. The number of hydrogen-bond donors (Lipinski definition) is 2. The number of rotatable bonds is 6. The summed E-state index contributed by atoms with van der Waals surface area (Å²) in [5.74, 6) is 1.40. The van der Waals surface area contributed by atoms with Gasteiger partial charge in [0.05, 0.1) is 18.0 Å². The Hall–Kier alpha value is -3.91. The van der Waals surface area contributed by atoms with Gasteiger partial charge in [0.25, 0.3) is 5.91 Å². The van der Waals surface area contributed by atoms with Crippen molar-refractivity contribution in [2.75, 3.05) is 10.6 Å². The molecule has 1 aliphatic carbocycles. The molecule has 3 aromatic heterocycles. The number of pyridine rings is 2. The maximum absolute atomic E-state index is 12.6. The molecule has 1 aromatic carbocycles. The minimum Gasteiger partial charge on any atom is -0.456 e. The zero-order valence-electron chi connectivity index (χ0n) is 17.7. The second-order valence-electron chi connectivity index (χ2n) is 7.89. The molecule has 4 aromatic rings. The summed E-state index contributed by atoms with van der Waals surface area (Å²) in [6.45, 7) is 1.81. The molecule has 0 atom stereocenters. The van der Waals surface area contributed by atoms with Gasteiger partial charge in [0.1, 0.15) is 22.3 Å². The summed E-state index contributed by atoms with van der Waals surface area (Å²) in [6.07, 6.45) is 5.40. The fourth-order valence-electron chi connectivity index (χ4n) is 3.33. The van der Waals surface area contributed by atoms with E-state index >= 15 is 0 Å². The molecule has 9 heteroatoms. The summed E-state index contributed by atoms with van der Waals surface area (Å²) in [5, 5.41) is 5.81. The van der Waals surface area contributed by atoms with Crippen LogP contribution in [0.5, 0.6) is 11.5 Å². The Morgan fingerprint density at radius 2 is 1.88 bits per heavy atom. The fraction of sp³-hybridized carbons (Fsp3) is 0.167. The van der Waals surface area contributed by atoms with Gasteiger partial charge in [0.2, 0.25) is 5.91 Å². The van der Waals surface area contributed by atoms with Crippen molar-refractivity contribution in [3.8, 4) is 11.5 Å². The molecule has 33 heavy (non-hydrogen) atoms. The Balaban J connectivity index is 1.29. The molecule has 5 rings (SSSR count). The number of hydrogen-bond acceptors (Lipinski definition) is 5. The second kappa shape index (κ2) is 8.55. The molecule has 8 nitrogen and oxygen atoms in total. The highest BCUT2D eigenvalue weighted by Crippen LogP contribution is 2.30. The molecule has 0 unspecified atom stereocenters. The molecule has 166 valence electrons. The van der Waals surface area contributed by atoms with Gasteiger partial charge in [0.15, 0.2) is 5.82 Å². The van der Waals surface area contributed by atoms with Crippen LogP contribution in [-0.4, -0.2) is 26.2 Å². The van der Waals surface area contributed by atoms with Crippen molar-refractivity contribution in [3.05, 3.63) is 77.3 Å². The van der Waals surface area contributed by atoms with E-state index in [9.17, 15) is 9.59 Å². The van der Waals surface area contributed by atoms with Crippen LogP contribution in [0.3, 0.4) is 0 Å². The van der Waals surface area contributed by atoms with Crippen LogP contribution in [0.4, 0.5) is 11.5 Å². The van der Waals surface area contributed by atoms with Crippen molar-refractivity contribution in [1.82, 2.24) is 14.4 Å². The highest BCUT2D eigenvalue weighted by Gasteiger charge is 2.30. The van der Waals surface area contributed by atoms with Crippen LogP contribution in [0.15, 0.2) is 60.9 Å². The number of halogens is 1. The number of aromatic nitrogens is 3. The highest BCUT2D eigenvalue weighted by atomic mass is 35.5. The summed E-state index contributed by atoms with van der Waals surface area (Å²) >= 11 is 6.10. The first kappa shape index (κ1) is 21.0. The van der Waals surface area contributed by atoms with E-state index in [4.69, 9.17) is 16.3 Å². The molecule has 1 fully saturated rings. The average molecular weight is 462 g/mol. The maximum atomic E-state index is 12.6. The van der Waals surface area contributed by atoms with Gasteiger partial charge in [-0.1, -0.05) is 17.7 Å². The molecule has 1 saturated carbocycles. The van der Waals surface area contributed by atoms with E-state index in [1.807, 2.05) is 0 Å². The van der Waals surface area contributed by atoms with Gasteiger partial charge in [-0.3, -0.25) is 9.59 Å². The van der Waals surface area contributed by atoms with Gasteiger partial charge in [-0.2, -0.15) is 0 Å². The number of nitrogens with zero attached hydrogens (tertiary/aromatic N) is 3. The van der Waals surface area contributed by atoms with E-state index in [1.165, 1.54) is 0 Å². The molecule has 0 aliphatic heterocycles. The van der Waals surface area contributed by atoms with E-state index < -0.39 is 0 Å². The van der Waals surface area contributed by atoms with Gasteiger partial charge < -0.3 is 19.8 Å². The fourth-order valence-corrected chi connectivity index (χ4v) is 3.61. The first-order chi connectivity index (χ1) is 15.9. The van der Waals surface area contributed by atoms with Gasteiger partial charge in [-0.05, 0) is 56.2 Å². The van der Waals surface area contributed by atoms with Crippen LogP contribution >= 0.6 is 11.6 Å². The summed E-state index contributed by atoms with van der Waals surface area (Å²) < 4.78 is 7.75. The Bertz CT molecular complexity index is 1380. The van der Waals surface area contributed by atoms with Crippen molar-refractivity contribution in [2.45, 2.75) is 19.8 Å². The van der Waals surface area contributed by atoms with Crippen LogP contribution in [0, 0.1) is 12.8 Å². The van der Waals surface area contributed by atoms with Crippen molar-refractivity contribution < 1.29 is 14.3 Å². The van der Waals surface area contributed by atoms with E-state index in [0.29, 0.717) is 34.2 Å². The molecule has 1 aliphatic rings. The predicted octanol–water partition coefficient (Wildman–Crippen LogP) is 5.08. The number of ether oxygens (including phenoxy) is 1. The van der Waals surface area contributed by atoms with Crippen molar-refractivity contribution >= 4 is 40.6 Å². The summed E-state index contributed by atoms with van der Waals surface area (Å²) in [6, 6.07) is 14.0. The van der Waals surface area contributed by atoms with Gasteiger partial charge in [0, 0.05) is 23.4 Å². The van der Waals surface area contributed by atoms with Crippen LogP contribution < -0.4 is 15.4 Å². The smallest absolute Gasteiger partial charge is 0.258 e. The third-order valence-corrected chi connectivity index (χ3v) is 5.47. The number of benzene rings is 1. The number of anilines is 2. The number of amides is 2. The van der Waals surface area contributed by atoms with Gasteiger partial charge in [-0.15, -0.1) is 0 Å². The van der Waals surface area contributed by atoms with E-state index in [1.54, 1.807) is 72.2 Å². The molecule has 0 radical (unpaired) electrons. The highest BCUT2D eigenvalue weighted by molar-refractivity contribution is 6.33. The van der Waals surface area contributed by atoms with E-state index in [0.717, 1.165) is 18.5 Å². The molecule has 2 amide bonds. The molecule has 0 spiro atoms. The summed E-state index contributed by atoms with van der Waals surface area (Å²) in [5.41, 5.74) is 2.28. The largest absolute Gasteiger partial charge is 0.456 e. The Labute approximate surface area is 194 Å². The SMILES string of the molecule is Cc1ccc(C(=O)Nc2cccc(Oc3ccc4nc(NC(=O)C5CC5)cn4c3)c2)c(Cl)n1. The number of fused-ring (bicyclic) bond motifs is 1. The lowest BCUT2D eigenvalue weighted by molar-refractivity contribution is -0.117. The second-order valence-corrected chi connectivity index (χ2v) is 8.25. The molecular weight excluding hydrogens is 442 g/mol. The minimum absolute atomic E-state index is 0.0106. The standard InChI is InChI=1S/C24H20ClN5O3/c1-14-5-9-19(22(25)26-14)24(32)27-16-3-2-4-17(11-16)33-18-8-10-21-28-20(13-30(21)12-18)29-23(31)15-6-7-15/h2-5,8-13,15H,6-7H2,1H3,(H,27,32)(H,29,31). The summed E-state index contributed by atoms with van der Waals surface area (Å²) in [4.78, 5) is 33.1. The Morgan fingerprint density at radius 1 is 1.03 bits per heavy atom. The lowest BCUT2D eigenvalue weighted by Crippen LogP contribution is -2.13. The molecule has 0 bridgehead atoms. The molecule has 2 N–H and O–H groups in total. The van der Waals surface area contributed by atoms with Gasteiger partial charge >= 0.3 is 0 Å². The Kier molecular flexibility index (Phi) is 5.43. The van der Waals surface area contributed by atoms with Crippen LogP contribution in [0.1, 0.15) is 28.9 Å². The van der Waals surface area contributed by atoms with Crippen molar-refractivity contribution in [3.63, 3.8) is 0 Å². The van der Waals surface area contributed by atoms with Crippen molar-refractivity contribution in [1.29, 1.82) is 0 Å². The van der Waals surface area contributed by atoms with Crippen LogP contribution in [0.25, 0.3) is 5.65 Å². The van der Waals surface area contributed by atoms with E-state index in [2.05, 4.69) is 20.6 Å². The number of carbonyl (C=O) groups is 2. The Morgan fingerprint density at radius 3 is 2.67 bits per heavy atom. The minimum atomic E-state index is -0.356. The number of aryl methyl sites for hydroxylation is 1. The quantitative estimate of drug-likeness (QED) is 0.390. The van der Waals surface area contributed by atoms with Crippen LogP contribution in [-0.2, 0) is 4.79 Å².